The summed E-state index contributed by atoms with van der Waals surface area (Å²) in [5.74, 6) is 0.905. The lowest BCUT2D eigenvalue weighted by molar-refractivity contribution is -0.160. The van der Waals surface area contributed by atoms with Crippen LogP contribution in [0, 0.1) is 0 Å². The van der Waals surface area contributed by atoms with Gasteiger partial charge in [0.15, 0.2) is 11.7 Å². The van der Waals surface area contributed by atoms with Crippen molar-refractivity contribution in [2.45, 2.75) is 44.1 Å². The number of nitrogens with one attached hydrogen (secondary N) is 1. The molecule has 1 aromatic carbocycles. The number of methoxy groups -OCH3 is 1. The Morgan fingerprint density at radius 2 is 2.17 bits per heavy atom. The van der Waals surface area contributed by atoms with Gasteiger partial charge in [0, 0.05) is 24.9 Å². The van der Waals surface area contributed by atoms with Crippen LogP contribution in [0.5, 0.6) is 5.75 Å². The molecule has 23 heavy (non-hydrogen) atoms. The van der Waals surface area contributed by atoms with Crippen LogP contribution in [0.15, 0.2) is 29.3 Å². The summed E-state index contributed by atoms with van der Waals surface area (Å²) in [6.07, 6.45) is 4.40. The minimum Gasteiger partial charge on any atom is -0.496 e. The van der Waals surface area contributed by atoms with Crippen LogP contribution in [0.2, 0.25) is 0 Å². The summed E-state index contributed by atoms with van der Waals surface area (Å²) < 4.78 is 17.2. The van der Waals surface area contributed by atoms with Gasteiger partial charge in [-0.3, -0.25) is 0 Å². The highest BCUT2D eigenvalue weighted by atomic mass is 16.7. The van der Waals surface area contributed by atoms with E-state index in [1.165, 1.54) is 12.8 Å². The standard InChI is InChI=1S/C17H25N3O3/c1-21-15-7-3-2-6-13(15)10-19-16(18)20-11-14-12-22-17(23-14)8-4-5-9-17/h2-3,6-7,14H,4-5,8-12H2,1H3,(H3,18,19,20). The molecule has 1 unspecified atom stereocenters. The van der Waals surface area contributed by atoms with E-state index < -0.39 is 0 Å². The van der Waals surface area contributed by atoms with Gasteiger partial charge in [0.25, 0.3) is 0 Å². The van der Waals surface area contributed by atoms with Crippen LogP contribution in [0.1, 0.15) is 31.2 Å². The zero-order valence-corrected chi connectivity index (χ0v) is 13.6. The first-order chi connectivity index (χ1) is 11.2. The van der Waals surface area contributed by atoms with Crippen LogP contribution in [-0.4, -0.2) is 38.1 Å². The average molecular weight is 319 g/mol. The third-order valence-electron chi connectivity index (χ3n) is 4.40. The molecule has 1 heterocycles. The molecular formula is C17H25N3O3. The van der Waals surface area contributed by atoms with E-state index in [0.29, 0.717) is 25.7 Å². The molecule has 2 aliphatic rings. The highest BCUT2D eigenvalue weighted by Crippen LogP contribution is 2.38. The Morgan fingerprint density at radius 1 is 1.39 bits per heavy atom. The molecule has 0 radical (unpaired) electrons. The Labute approximate surface area is 137 Å². The minimum atomic E-state index is -0.324. The first kappa shape index (κ1) is 16.1. The fourth-order valence-electron chi connectivity index (χ4n) is 3.17. The molecule has 3 N–H and O–H groups in total. The van der Waals surface area contributed by atoms with Gasteiger partial charge in [0.05, 0.1) is 20.3 Å². The summed E-state index contributed by atoms with van der Waals surface area (Å²) in [5.41, 5.74) is 6.94. The van der Waals surface area contributed by atoms with E-state index in [-0.39, 0.29) is 11.9 Å². The molecule has 1 spiro atoms. The van der Waals surface area contributed by atoms with Gasteiger partial charge in [-0.15, -0.1) is 0 Å². The number of rotatable bonds is 5. The van der Waals surface area contributed by atoms with E-state index in [1.54, 1.807) is 7.11 Å². The van der Waals surface area contributed by atoms with Gasteiger partial charge in [0.2, 0.25) is 0 Å². The van der Waals surface area contributed by atoms with Crippen LogP contribution in [-0.2, 0) is 16.0 Å². The largest absolute Gasteiger partial charge is 0.496 e. The van der Waals surface area contributed by atoms with Crippen LogP contribution in [0.25, 0.3) is 0 Å². The van der Waals surface area contributed by atoms with E-state index >= 15 is 0 Å². The number of ether oxygens (including phenoxy) is 3. The van der Waals surface area contributed by atoms with Crippen molar-refractivity contribution in [3.05, 3.63) is 29.8 Å². The number of hydrogen-bond acceptors (Lipinski definition) is 4. The number of nitrogens with two attached hydrogens (primary N) is 1. The lowest BCUT2D eigenvalue weighted by atomic mass is 10.2. The fourth-order valence-corrected chi connectivity index (χ4v) is 3.17. The summed E-state index contributed by atoms with van der Waals surface area (Å²) in [5, 5.41) is 3.12. The molecule has 1 atom stereocenters. The van der Waals surface area contributed by atoms with Crippen molar-refractivity contribution in [1.82, 2.24) is 5.32 Å². The van der Waals surface area contributed by atoms with Gasteiger partial charge in [-0.25, -0.2) is 4.99 Å². The molecule has 2 fully saturated rings. The van der Waals surface area contributed by atoms with Crippen molar-refractivity contribution in [1.29, 1.82) is 0 Å². The lowest BCUT2D eigenvalue weighted by Gasteiger charge is -2.22. The number of para-hydroxylation sites is 1. The predicted molar refractivity (Wildman–Crippen MR) is 88.3 cm³/mol. The van der Waals surface area contributed by atoms with Gasteiger partial charge in [0.1, 0.15) is 11.9 Å². The van der Waals surface area contributed by atoms with E-state index in [4.69, 9.17) is 19.9 Å². The number of nitrogens with zero attached hydrogens (tertiary/aromatic N) is 1. The number of aliphatic imine (C=N–C) groups is 1. The van der Waals surface area contributed by atoms with Crippen molar-refractivity contribution in [3.8, 4) is 5.75 Å². The summed E-state index contributed by atoms with van der Waals surface area (Å²) >= 11 is 0. The highest BCUT2D eigenvalue weighted by Gasteiger charge is 2.43. The molecule has 1 aromatic rings. The third-order valence-corrected chi connectivity index (χ3v) is 4.40. The second-order valence-electron chi connectivity index (χ2n) is 6.06. The summed E-state index contributed by atoms with van der Waals surface area (Å²) in [7, 11) is 1.65. The maximum atomic E-state index is 6.04. The van der Waals surface area contributed by atoms with Crippen LogP contribution >= 0.6 is 0 Å². The number of benzene rings is 1. The average Bonchev–Trinajstić information content (AvgIpc) is 3.21. The summed E-state index contributed by atoms with van der Waals surface area (Å²) in [6, 6.07) is 7.79. The molecule has 0 aromatic heterocycles. The van der Waals surface area contributed by atoms with Gasteiger partial charge in [-0.05, 0) is 18.9 Å². The van der Waals surface area contributed by atoms with Gasteiger partial charge >= 0.3 is 0 Å². The molecule has 1 saturated carbocycles. The zero-order chi connectivity index (χ0) is 16.1. The molecule has 6 heteroatoms. The second-order valence-corrected chi connectivity index (χ2v) is 6.06. The minimum absolute atomic E-state index is 0.0353. The first-order valence-electron chi connectivity index (χ1n) is 8.18. The van der Waals surface area contributed by atoms with Crippen molar-refractivity contribution < 1.29 is 14.2 Å². The molecule has 1 saturated heterocycles. The van der Waals surface area contributed by atoms with Gasteiger partial charge in [-0.1, -0.05) is 18.2 Å². The third kappa shape index (κ3) is 3.95. The van der Waals surface area contributed by atoms with Crippen molar-refractivity contribution in [2.24, 2.45) is 10.7 Å². The summed E-state index contributed by atoms with van der Waals surface area (Å²) in [4.78, 5) is 4.36. The first-order valence-corrected chi connectivity index (χ1v) is 8.18. The van der Waals surface area contributed by atoms with Crippen LogP contribution in [0.4, 0.5) is 0 Å². The molecule has 0 amide bonds. The smallest absolute Gasteiger partial charge is 0.189 e. The molecule has 126 valence electrons. The van der Waals surface area contributed by atoms with Crippen LogP contribution in [0.3, 0.4) is 0 Å². The molecular weight excluding hydrogens is 294 g/mol. The molecule has 1 aliphatic heterocycles. The van der Waals surface area contributed by atoms with Gasteiger partial charge < -0.3 is 25.3 Å². The van der Waals surface area contributed by atoms with Crippen molar-refractivity contribution >= 4 is 5.96 Å². The van der Waals surface area contributed by atoms with Crippen molar-refractivity contribution in [2.75, 3.05) is 20.3 Å². The topological polar surface area (TPSA) is 78.1 Å². The van der Waals surface area contributed by atoms with E-state index in [0.717, 1.165) is 24.2 Å². The normalized spacial score (nSPS) is 23.3. The van der Waals surface area contributed by atoms with E-state index in [9.17, 15) is 0 Å². The number of guanidine groups is 1. The van der Waals surface area contributed by atoms with Crippen LogP contribution < -0.4 is 15.8 Å². The Bertz CT molecular complexity index is 556. The Morgan fingerprint density at radius 3 is 2.96 bits per heavy atom. The van der Waals surface area contributed by atoms with Gasteiger partial charge in [-0.2, -0.15) is 0 Å². The quantitative estimate of drug-likeness (QED) is 0.639. The molecule has 0 bridgehead atoms. The Hall–Kier alpha value is -1.79. The molecule has 6 nitrogen and oxygen atoms in total. The predicted octanol–water partition coefficient (Wildman–Crippen LogP) is 1.79. The summed E-state index contributed by atoms with van der Waals surface area (Å²) in [6.45, 7) is 1.71. The fraction of sp³-hybridized carbons (Fsp3) is 0.588. The van der Waals surface area contributed by atoms with E-state index in [1.807, 2.05) is 24.3 Å². The van der Waals surface area contributed by atoms with Crippen molar-refractivity contribution in [3.63, 3.8) is 0 Å². The highest BCUT2D eigenvalue weighted by molar-refractivity contribution is 5.77. The lowest BCUT2D eigenvalue weighted by Crippen LogP contribution is -2.39. The second kappa shape index (κ2) is 7.19. The Balaban J connectivity index is 1.47. The van der Waals surface area contributed by atoms with E-state index in [2.05, 4.69) is 10.3 Å². The molecule has 1 aliphatic carbocycles. The Kier molecular flexibility index (Phi) is 5.03. The SMILES string of the molecule is COc1ccccc1CN=C(N)NCC1COC2(CCCC2)O1. The monoisotopic (exact) mass is 319 g/mol. The maximum absolute atomic E-state index is 6.04. The number of hydrogen-bond donors (Lipinski definition) is 2. The molecule has 3 rings (SSSR count). The zero-order valence-electron chi connectivity index (χ0n) is 13.6. The maximum Gasteiger partial charge on any atom is 0.189 e.